The van der Waals surface area contributed by atoms with Crippen molar-refractivity contribution in [3.05, 3.63) is 41.6 Å². The van der Waals surface area contributed by atoms with Crippen LogP contribution in [0, 0.1) is 6.92 Å². The van der Waals surface area contributed by atoms with Crippen molar-refractivity contribution in [3.8, 4) is 0 Å². The average Bonchev–Trinajstić information content (AvgIpc) is 2.68. The van der Waals surface area contributed by atoms with Gasteiger partial charge < -0.3 is 19.9 Å². The van der Waals surface area contributed by atoms with E-state index in [1.807, 2.05) is 25.1 Å². The molecule has 0 saturated carbocycles. The maximum absolute atomic E-state index is 12.2. The summed E-state index contributed by atoms with van der Waals surface area (Å²) in [6, 6.07) is 8.99. The number of aryl methyl sites for hydroxylation is 1. The number of anilines is 3. The van der Waals surface area contributed by atoms with Crippen molar-refractivity contribution in [2.45, 2.75) is 13.8 Å². The van der Waals surface area contributed by atoms with Gasteiger partial charge in [-0.3, -0.25) is 4.79 Å². The van der Waals surface area contributed by atoms with E-state index >= 15 is 0 Å². The molecule has 0 bridgehead atoms. The minimum atomic E-state index is -0.378. The van der Waals surface area contributed by atoms with Crippen LogP contribution in [0.5, 0.6) is 0 Å². The van der Waals surface area contributed by atoms with Crippen LogP contribution < -0.4 is 10.2 Å². The number of benzene rings is 1. The lowest BCUT2D eigenvalue weighted by Crippen LogP contribution is -2.46. The number of piperazine rings is 1. The number of rotatable bonds is 6. The van der Waals surface area contributed by atoms with Gasteiger partial charge in [-0.05, 0) is 26.0 Å². The molecule has 0 aliphatic carbocycles. The minimum Gasteiger partial charge on any atom is -0.462 e. The summed E-state index contributed by atoms with van der Waals surface area (Å²) in [5.41, 5.74) is 1.90. The fourth-order valence-corrected chi connectivity index (χ4v) is 2.90. The van der Waals surface area contributed by atoms with Crippen LogP contribution in [0.3, 0.4) is 0 Å². The largest absolute Gasteiger partial charge is 0.462 e. The first-order valence-corrected chi connectivity index (χ1v) is 8.94. The molecule has 1 aromatic carbocycles. The van der Waals surface area contributed by atoms with E-state index in [9.17, 15) is 9.59 Å². The van der Waals surface area contributed by atoms with Crippen molar-refractivity contribution in [2.24, 2.45) is 0 Å². The Morgan fingerprint density at radius 3 is 2.67 bits per heavy atom. The number of para-hydroxylation sites is 1. The third-order valence-electron chi connectivity index (χ3n) is 4.27. The number of nitrogens with zero attached hydrogens (tertiary/aromatic N) is 4. The maximum atomic E-state index is 12.2. The molecule has 0 spiro atoms. The van der Waals surface area contributed by atoms with E-state index in [4.69, 9.17) is 4.74 Å². The van der Waals surface area contributed by atoms with Gasteiger partial charge in [0.15, 0.2) is 0 Å². The number of aromatic nitrogens is 2. The molecule has 1 N–H and O–H groups in total. The molecule has 2 aromatic rings. The summed E-state index contributed by atoms with van der Waals surface area (Å²) < 4.78 is 5.12. The monoisotopic (exact) mass is 369 g/mol. The quantitative estimate of drug-likeness (QED) is 0.615. The maximum Gasteiger partial charge on any atom is 0.340 e. The Labute approximate surface area is 158 Å². The predicted molar refractivity (Wildman–Crippen MR) is 102 cm³/mol. The van der Waals surface area contributed by atoms with Crippen molar-refractivity contribution in [1.29, 1.82) is 0 Å². The van der Waals surface area contributed by atoms with Gasteiger partial charge in [0.25, 0.3) is 0 Å². The van der Waals surface area contributed by atoms with E-state index in [0.29, 0.717) is 55.8 Å². The predicted octanol–water partition coefficient (Wildman–Crippen LogP) is 1.98. The molecule has 1 aromatic heterocycles. The van der Waals surface area contributed by atoms with Crippen LogP contribution in [0.4, 0.5) is 17.5 Å². The first kappa shape index (κ1) is 18.6. The van der Waals surface area contributed by atoms with E-state index < -0.39 is 0 Å². The lowest BCUT2D eigenvalue weighted by atomic mass is 10.2. The fraction of sp³-hybridized carbons (Fsp3) is 0.368. The summed E-state index contributed by atoms with van der Waals surface area (Å²) in [6.07, 6.45) is 0.869. The summed E-state index contributed by atoms with van der Waals surface area (Å²) >= 11 is 0. The molecule has 1 aliphatic heterocycles. The molecule has 0 radical (unpaired) electrons. The van der Waals surface area contributed by atoms with Crippen LogP contribution in [-0.2, 0) is 9.53 Å². The number of carbonyl (C=O) groups excluding carboxylic acids is 2. The highest BCUT2D eigenvalue weighted by Gasteiger charge is 2.19. The van der Waals surface area contributed by atoms with Crippen molar-refractivity contribution >= 4 is 29.8 Å². The van der Waals surface area contributed by atoms with E-state index in [2.05, 4.69) is 20.2 Å². The van der Waals surface area contributed by atoms with Crippen LogP contribution in [0.2, 0.25) is 0 Å². The Morgan fingerprint density at radius 2 is 1.96 bits per heavy atom. The summed E-state index contributed by atoms with van der Waals surface area (Å²) in [4.78, 5) is 35.9. The molecule has 1 fully saturated rings. The second kappa shape index (κ2) is 8.48. The number of hydrogen-bond acceptors (Lipinski definition) is 7. The van der Waals surface area contributed by atoms with Crippen LogP contribution in [0.1, 0.15) is 23.0 Å². The number of ether oxygens (including phenoxy) is 1. The Kier molecular flexibility index (Phi) is 5.85. The van der Waals surface area contributed by atoms with Gasteiger partial charge in [-0.15, -0.1) is 0 Å². The summed E-state index contributed by atoms with van der Waals surface area (Å²) in [6.45, 7) is 6.65. The van der Waals surface area contributed by atoms with Gasteiger partial charge in [-0.1, -0.05) is 12.1 Å². The van der Waals surface area contributed by atoms with Gasteiger partial charge >= 0.3 is 5.97 Å². The van der Waals surface area contributed by atoms with Crippen molar-refractivity contribution < 1.29 is 14.3 Å². The van der Waals surface area contributed by atoms with Crippen molar-refractivity contribution in [2.75, 3.05) is 43.0 Å². The summed E-state index contributed by atoms with van der Waals surface area (Å²) in [5, 5.41) is 3.21. The van der Waals surface area contributed by atoms with E-state index in [1.54, 1.807) is 24.0 Å². The lowest BCUT2D eigenvalue weighted by Gasteiger charge is -2.32. The Hall–Kier alpha value is -3.16. The molecular formula is C19H23N5O3. The minimum absolute atomic E-state index is 0.316. The van der Waals surface area contributed by atoms with Gasteiger partial charge in [0.2, 0.25) is 12.4 Å². The van der Waals surface area contributed by atoms with Crippen LogP contribution in [0.15, 0.2) is 30.3 Å². The molecule has 1 saturated heterocycles. The van der Waals surface area contributed by atoms with Crippen LogP contribution in [-0.4, -0.2) is 60.0 Å². The number of carbonyl (C=O) groups is 2. The number of amides is 1. The van der Waals surface area contributed by atoms with E-state index in [0.717, 1.165) is 12.1 Å². The zero-order valence-corrected chi connectivity index (χ0v) is 15.5. The van der Waals surface area contributed by atoms with E-state index in [1.165, 1.54) is 0 Å². The Bertz CT molecular complexity index is 819. The molecular weight excluding hydrogens is 346 g/mol. The molecule has 1 amide bonds. The van der Waals surface area contributed by atoms with Gasteiger partial charge in [0.05, 0.1) is 17.9 Å². The molecule has 0 atom stereocenters. The zero-order chi connectivity index (χ0) is 19.2. The van der Waals surface area contributed by atoms with Gasteiger partial charge in [-0.25, -0.2) is 9.78 Å². The normalized spacial score (nSPS) is 14.0. The summed E-state index contributed by atoms with van der Waals surface area (Å²) in [5.74, 6) is 0.834. The topological polar surface area (TPSA) is 87.7 Å². The third-order valence-corrected chi connectivity index (χ3v) is 4.27. The second-order valence-electron chi connectivity index (χ2n) is 6.21. The van der Waals surface area contributed by atoms with Crippen LogP contribution >= 0.6 is 0 Å². The number of hydrogen-bond donors (Lipinski definition) is 1. The smallest absolute Gasteiger partial charge is 0.340 e. The highest BCUT2D eigenvalue weighted by Crippen LogP contribution is 2.23. The first-order chi connectivity index (χ1) is 13.1. The molecule has 3 rings (SSSR count). The first-order valence-electron chi connectivity index (χ1n) is 8.94. The standard InChI is InChI=1S/C19H23N5O3/c1-3-27-18(26)15-6-4-5-7-16(15)21-17-12-14(2)20-19(22-17)24-10-8-23(13-25)9-11-24/h4-7,12-13H,3,8-11H2,1-2H3,(H,20,21,22). The number of esters is 1. The van der Waals surface area contributed by atoms with Gasteiger partial charge in [0, 0.05) is 37.9 Å². The third kappa shape index (κ3) is 4.52. The van der Waals surface area contributed by atoms with Gasteiger partial charge in [-0.2, -0.15) is 4.98 Å². The molecule has 1 aliphatic rings. The van der Waals surface area contributed by atoms with Crippen molar-refractivity contribution in [1.82, 2.24) is 14.9 Å². The number of nitrogens with one attached hydrogen (secondary N) is 1. The fourth-order valence-electron chi connectivity index (χ4n) is 2.90. The van der Waals surface area contributed by atoms with E-state index in [-0.39, 0.29) is 5.97 Å². The highest BCUT2D eigenvalue weighted by molar-refractivity contribution is 5.96. The molecule has 8 nitrogen and oxygen atoms in total. The summed E-state index contributed by atoms with van der Waals surface area (Å²) in [7, 11) is 0. The van der Waals surface area contributed by atoms with Gasteiger partial charge in [0.1, 0.15) is 5.82 Å². The zero-order valence-electron chi connectivity index (χ0n) is 15.5. The molecule has 27 heavy (non-hydrogen) atoms. The van der Waals surface area contributed by atoms with Crippen LogP contribution in [0.25, 0.3) is 0 Å². The Balaban J connectivity index is 1.82. The van der Waals surface area contributed by atoms with Crippen molar-refractivity contribution in [3.63, 3.8) is 0 Å². The average molecular weight is 369 g/mol. The Morgan fingerprint density at radius 1 is 1.22 bits per heavy atom. The second-order valence-corrected chi connectivity index (χ2v) is 6.21. The molecule has 2 heterocycles. The SMILES string of the molecule is CCOC(=O)c1ccccc1Nc1cc(C)nc(N2CCN(C=O)CC2)n1. The molecule has 0 unspecified atom stereocenters. The molecule has 142 valence electrons. The molecule has 8 heteroatoms. The lowest BCUT2D eigenvalue weighted by molar-refractivity contribution is -0.118. The highest BCUT2D eigenvalue weighted by atomic mass is 16.5.